The highest BCUT2D eigenvalue weighted by Gasteiger charge is 2.21. The minimum absolute atomic E-state index is 0.555. The van der Waals surface area contributed by atoms with E-state index in [0.717, 1.165) is 24.8 Å². The third-order valence-corrected chi connectivity index (χ3v) is 4.78. The molecule has 2 aliphatic carbocycles. The zero-order chi connectivity index (χ0) is 13.8. The summed E-state index contributed by atoms with van der Waals surface area (Å²) in [7, 11) is 0. The minimum atomic E-state index is 0.555. The van der Waals surface area contributed by atoms with Crippen molar-refractivity contribution >= 4 is 0 Å². The molecule has 0 bridgehead atoms. The number of ether oxygens (including phenoxy) is 1. The topological polar surface area (TPSA) is 21.3 Å². The Morgan fingerprint density at radius 2 is 2.10 bits per heavy atom. The van der Waals surface area contributed by atoms with Crippen molar-refractivity contribution in [1.29, 1.82) is 0 Å². The average Bonchev–Trinajstić information content (AvgIpc) is 2.43. The lowest BCUT2D eigenvalue weighted by atomic mass is 9.86. The Hall–Kier alpha value is -1.02. The third kappa shape index (κ3) is 3.17. The molecule has 2 heteroatoms. The molecular weight excluding hydrogens is 246 g/mol. The predicted octanol–water partition coefficient (Wildman–Crippen LogP) is 4.24. The summed E-state index contributed by atoms with van der Waals surface area (Å²) >= 11 is 0. The molecule has 3 rings (SSSR count). The lowest BCUT2D eigenvalue weighted by molar-refractivity contribution is 0.180. The van der Waals surface area contributed by atoms with Crippen LogP contribution in [0.4, 0.5) is 0 Å². The molecule has 0 heterocycles. The third-order valence-electron chi connectivity index (χ3n) is 4.78. The zero-order valence-electron chi connectivity index (χ0n) is 12.7. The van der Waals surface area contributed by atoms with Crippen molar-refractivity contribution in [3.63, 3.8) is 0 Å². The second kappa shape index (κ2) is 6.62. The summed E-state index contributed by atoms with van der Waals surface area (Å²) in [5.74, 6) is 1.89. The maximum absolute atomic E-state index is 5.97. The van der Waals surface area contributed by atoms with Gasteiger partial charge < -0.3 is 10.1 Å². The molecule has 0 saturated heterocycles. The zero-order valence-corrected chi connectivity index (χ0v) is 12.7. The molecule has 2 aliphatic rings. The molecule has 0 aliphatic heterocycles. The summed E-state index contributed by atoms with van der Waals surface area (Å²) in [5.41, 5.74) is 3.00. The molecule has 1 aromatic rings. The van der Waals surface area contributed by atoms with Crippen molar-refractivity contribution in [2.75, 3.05) is 13.2 Å². The first-order valence-corrected chi connectivity index (χ1v) is 8.36. The lowest BCUT2D eigenvalue weighted by Gasteiger charge is -2.28. The molecule has 1 unspecified atom stereocenters. The molecule has 20 heavy (non-hydrogen) atoms. The first-order valence-electron chi connectivity index (χ1n) is 8.36. The SMILES string of the molecule is CCCNC1CCCc2cc(OCC3CCC3)ccc21. The molecular formula is C18H27NO. The fourth-order valence-corrected chi connectivity index (χ4v) is 3.28. The Balaban J connectivity index is 1.64. The summed E-state index contributed by atoms with van der Waals surface area (Å²) in [4.78, 5) is 0. The van der Waals surface area contributed by atoms with Gasteiger partial charge in [0.05, 0.1) is 6.61 Å². The fraction of sp³-hybridized carbons (Fsp3) is 0.667. The number of benzene rings is 1. The summed E-state index contributed by atoms with van der Waals surface area (Å²) in [6.45, 7) is 4.26. The van der Waals surface area contributed by atoms with Crippen molar-refractivity contribution in [2.45, 2.75) is 57.9 Å². The Kier molecular flexibility index (Phi) is 4.62. The van der Waals surface area contributed by atoms with E-state index in [0.29, 0.717) is 6.04 Å². The molecule has 110 valence electrons. The summed E-state index contributed by atoms with van der Waals surface area (Å²) < 4.78 is 5.97. The second-order valence-corrected chi connectivity index (χ2v) is 6.37. The molecule has 0 amide bonds. The van der Waals surface area contributed by atoms with E-state index in [1.165, 1.54) is 56.1 Å². The van der Waals surface area contributed by atoms with E-state index in [1.807, 2.05) is 0 Å². The summed E-state index contributed by atoms with van der Waals surface area (Å²) in [6, 6.07) is 7.30. The van der Waals surface area contributed by atoms with Crippen LogP contribution in [0.25, 0.3) is 0 Å². The molecule has 1 aromatic carbocycles. The highest BCUT2D eigenvalue weighted by Crippen LogP contribution is 2.33. The van der Waals surface area contributed by atoms with Gasteiger partial charge in [-0.3, -0.25) is 0 Å². The van der Waals surface area contributed by atoms with Crippen molar-refractivity contribution in [3.8, 4) is 5.75 Å². The predicted molar refractivity (Wildman–Crippen MR) is 83.3 cm³/mol. The number of hydrogen-bond acceptors (Lipinski definition) is 2. The van der Waals surface area contributed by atoms with Gasteiger partial charge in [0.2, 0.25) is 0 Å². The van der Waals surface area contributed by atoms with Gasteiger partial charge in [0.15, 0.2) is 0 Å². The van der Waals surface area contributed by atoms with Crippen molar-refractivity contribution in [1.82, 2.24) is 5.32 Å². The van der Waals surface area contributed by atoms with E-state index in [2.05, 4.69) is 30.4 Å². The Bertz CT molecular complexity index is 439. The van der Waals surface area contributed by atoms with Crippen LogP contribution < -0.4 is 10.1 Å². The van der Waals surface area contributed by atoms with Crippen molar-refractivity contribution in [2.24, 2.45) is 5.92 Å². The van der Waals surface area contributed by atoms with Crippen molar-refractivity contribution < 1.29 is 4.74 Å². The van der Waals surface area contributed by atoms with Crippen LogP contribution >= 0.6 is 0 Å². The van der Waals surface area contributed by atoms with Crippen LogP contribution in [0.1, 0.15) is 62.6 Å². The molecule has 1 fully saturated rings. The van der Waals surface area contributed by atoms with Crippen LogP contribution in [0.3, 0.4) is 0 Å². The van der Waals surface area contributed by atoms with Crippen LogP contribution in [0, 0.1) is 5.92 Å². The largest absolute Gasteiger partial charge is 0.493 e. The number of fused-ring (bicyclic) bond motifs is 1. The van der Waals surface area contributed by atoms with Gasteiger partial charge in [0, 0.05) is 6.04 Å². The monoisotopic (exact) mass is 273 g/mol. The summed E-state index contributed by atoms with van der Waals surface area (Å²) in [5, 5.41) is 3.67. The van der Waals surface area contributed by atoms with Gasteiger partial charge in [-0.05, 0) is 74.2 Å². The molecule has 0 spiro atoms. The van der Waals surface area contributed by atoms with Crippen LogP contribution in [-0.2, 0) is 6.42 Å². The Morgan fingerprint density at radius 3 is 2.85 bits per heavy atom. The van der Waals surface area contributed by atoms with E-state index in [1.54, 1.807) is 0 Å². The Labute approximate surface area is 122 Å². The van der Waals surface area contributed by atoms with Gasteiger partial charge in [0.25, 0.3) is 0 Å². The van der Waals surface area contributed by atoms with Crippen LogP contribution in [-0.4, -0.2) is 13.2 Å². The quantitative estimate of drug-likeness (QED) is 0.837. The summed E-state index contributed by atoms with van der Waals surface area (Å²) in [6.07, 6.45) is 9.08. The highest BCUT2D eigenvalue weighted by molar-refractivity contribution is 5.39. The Morgan fingerprint density at radius 1 is 1.20 bits per heavy atom. The van der Waals surface area contributed by atoms with E-state index < -0.39 is 0 Å². The first kappa shape index (κ1) is 13.9. The number of nitrogens with one attached hydrogen (secondary N) is 1. The second-order valence-electron chi connectivity index (χ2n) is 6.37. The van der Waals surface area contributed by atoms with E-state index in [4.69, 9.17) is 4.74 Å². The highest BCUT2D eigenvalue weighted by atomic mass is 16.5. The number of aryl methyl sites for hydroxylation is 1. The van der Waals surface area contributed by atoms with E-state index in [-0.39, 0.29) is 0 Å². The van der Waals surface area contributed by atoms with Gasteiger partial charge >= 0.3 is 0 Å². The van der Waals surface area contributed by atoms with Gasteiger partial charge in [-0.2, -0.15) is 0 Å². The van der Waals surface area contributed by atoms with E-state index in [9.17, 15) is 0 Å². The van der Waals surface area contributed by atoms with E-state index >= 15 is 0 Å². The minimum Gasteiger partial charge on any atom is -0.493 e. The van der Waals surface area contributed by atoms with Crippen LogP contribution in [0.2, 0.25) is 0 Å². The fourth-order valence-electron chi connectivity index (χ4n) is 3.28. The van der Waals surface area contributed by atoms with Gasteiger partial charge in [-0.25, -0.2) is 0 Å². The molecule has 0 radical (unpaired) electrons. The lowest BCUT2D eigenvalue weighted by Crippen LogP contribution is -2.26. The maximum Gasteiger partial charge on any atom is 0.119 e. The number of rotatable bonds is 6. The average molecular weight is 273 g/mol. The molecule has 0 aromatic heterocycles. The molecule has 1 saturated carbocycles. The smallest absolute Gasteiger partial charge is 0.119 e. The van der Waals surface area contributed by atoms with Gasteiger partial charge in [-0.1, -0.05) is 19.4 Å². The van der Waals surface area contributed by atoms with Gasteiger partial charge in [-0.15, -0.1) is 0 Å². The van der Waals surface area contributed by atoms with Crippen LogP contribution in [0.15, 0.2) is 18.2 Å². The maximum atomic E-state index is 5.97. The van der Waals surface area contributed by atoms with Gasteiger partial charge in [0.1, 0.15) is 5.75 Å². The molecule has 1 atom stereocenters. The normalized spacial score (nSPS) is 22.1. The molecule has 2 nitrogen and oxygen atoms in total. The molecule has 1 N–H and O–H groups in total. The van der Waals surface area contributed by atoms with Crippen molar-refractivity contribution in [3.05, 3.63) is 29.3 Å². The van der Waals surface area contributed by atoms with Crippen LogP contribution in [0.5, 0.6) is 5.75 Å². The first-order chi connectivity index (χ1) is 9.86. The number of hydrogen-bond donors (Lipinski definition) is 1. The standard InChI is InChI=1S/C18H27NO/c1-2-11-19-18-8-4-7-15-12-16(9-10-17(15)18)20-13-14-5-3-6-14/h9-10,12,14,18-19H,2-8,11,13H2,1H3.